The third-order valence-electron chi connectivity index (χ3n) is 2.46. The summed E-state index contributed by atoms with van der Waals surface area (Å²) in [5, 5.41) is 4.48. The van der Waals surface area contributed by atoms with Crippen LogP contribution in [0.15, 0.2) is 24.4 Å². The van der Waals surface area contributed by atoms with Gasteiger partial charge in [0.25, 0.3) is 0 Å². The highest BCUT2D eigenvalue weighted by molar-refractivity contribution is 14.1. The molecule has 2 aromatic rings. The maximum Gasteiger partial charge on any atom is 0.163 e. The van der Waals surface area contributed by atoms with E-state index in [4.69, 9.17) is 23.2 Å². The predicted molar refractivity (Wildman–Crippen MR) is 89.0 cm³/mol. The van der Waals surface area contributed by atoms with Gasteiger partial charge in [0.05, 0.1) is 8.59 Å². The number of benzene rings is 1. The van der Waals surface area contributed by atoms with E-state index in [-0.39, 0.29) is 0 Å². The first-order valence-corrected chi connectivity index (χ1v) is 7.67. The van der Waals surface area contributed by atoms with Crippen molar-refractivity contribution in [2.24, 2.45) is 0 Å². The summed E-state index contributed by atoms with van der Waals surface area (Å²) in [5.41, 5.74) is 0.741. The Balaban J connectivity index is 2.42. The van der Waals surface area contributed by atoms with Crippen LogP contribution in [0.25, 0.3) is 11.4 Å². The lowest BCUT2D eigenvalue weighted by atomic mass is 10.2. The fourth-order valence-corrected chi connectivity index (χ4v) is 2.36. The quantitative estimate of drug-likeness (QED) is 0.734. The standard InChI is InChI=1S/C13H12Cl2IN3/c1-2-5-17-13-11(16)7-18-12(19-13)9-6-8(14)3-4-10(9)15/h3-4,6-7H,2,5H2,1H3,(H,17,18,19). The van der Waals surface area contributed by atoms with E-state index >= 15 is 0 Å². The van der Waals surface area contributed by atoms with Crippen LogP contribution in [0.1, 0.15) is 13.3 Å². The zero-order valence-electron chi connectivity index (χ0n) is 10.3. The van der Waals surface area contributed by atoms with Crippen LogP contribution in [0.2, 0.25) is 10.0 Å². The fourth-order valence-electron chi connectivity index (χ4n) is 1.53. The molecule has 0 aliphatic rings. The van der Waals surface area contributed by atoms with Crippen molar-refractivity contribution in [1.82, 2.24) is 9.97 Å². The van der Waals surface area contributed by atoms with Crippen molar-refractivity contribution in [1.29, 1.82) is 0 Å². The molecule has 0 unspecified atom stereocenters. The Morgan fingerprint density at radius 1 is 1.32 bits per heavy atom. The van der Waals surface area contributed by atoms with Crippen molar-refractivity contribution in [3.05, 3.63) is 38.0 Å². The molecule has 0 saturated heterocycles. The van der Waals surface area contributed by atoms with Crippen LogP contribution in [0.4, 0.5) is 5.82 Å². The molecule has 1 aromatic carbocycles. The average molecular weight is 408 g/mol. The second-order valence-corrected chi connectivity index (χ2v) is 5.95. The van der Waals surface area contributed by atoms with Crippen molar-refractivity contribution in [2.75, 3.05) is 11.9 Å². The Hall–Kier alpha value is -0.590. The molecule has 0 bridgehead atoms. The van der Waals surface area contributed by atoms with E-state index in [9.17, 15) is 0 Å². The molecule has 0 atom stereocenters. The maximum atomic E-state index is 6.17. The minimum Gasteiger partial charge on any atom is -0.369 e. The van der Waals surface area contributed by atoms with Gasteiger partial charge >= 0.3 is 0 Å². The molecule has 0 fully saturated rings. The first kappa shape index (κ1) is 14.8. The van der Waals surface area contributed by atoms with Gasteiger partial charge in [-0.05, 0) is 47.2 Å². The molecule has 2 rings (SSSR count). The van der Waals surface area contributed by atoms with Crippen molar-refractivity contribution in [3.63, 3.8) is 0 Å². The van der Waals surface area contributed by atoms with Gasteiger partial charge in [-0.3, -0.25) is 0 Å². The molecule has 100 valence electrons. The van der Waals surface area contributed by atoms with Crippen molar-refractivity contribution in [3.8, 4) is 11.4 Å². The number of rotatable bonds is 4. The van der Waals surface area contributed by atoms with Crippen LogP contribution >= 0.6 is 45.8 Å². The molecule has 1 aromatic heterocycles. The van der Waals surface area contributed by atoms with Gasteiger partial charge in [-0.25, -0.2) is 9.97 Å². The van der Waals surface area contributed by atoms with Crippen molar-refractivity contribution in [2.45, 2.75) is 13.3 Å². The largest absolute Gasteiger partial charge is 0.369 e. The molecular weight excluding hydrogens is 396 g/mol. The first-order valence-electron chi connectivity index (χ1n) is 5.83. The maximum absolute atomic E-state index is 6.17. The van der Waals surface area contributed by atoms with Crippen molar-refractivity contribution < 1.29 is 0 Å². The van der Waals surface area contributed by atoms with Gasteiger partial charge in [-0.1, -0.05) is 30.1 Å². The molecule has 3 nitrogen and oxygen atoms in total. The van der Waals surface area contributed by atoms with E-state index in [1.807, 2.05) is 0 Å². The molecule has 0 spiro atoms. The van der Waals surface area contributed by atoms with E-state index in [2.05, 4.69) is 44.8 Å². The van der Waals surface area contributed by atoms with Crippen LogP contribution in [0.5, 0.6) is 0 Å². The number of halogens is 3. The fraction of sp³-hybridized carbons (Fsp3) is 0.231. The first-order chi connectivity index (χ1) is 9.11. The lowest BCUT2D eigenvalue weighted by molar-refractivity contribution is 0.963. The third-order valence-corrected chi connectivity index (χ3v) is 3.81. The van der Waals surface area contributed by atoms with Crippen LogP contribution < -0.4 is 5.32 Å². The van der Waals surface area contributed by atoms with E-state index in [1.54, 1.807) is 24.4 Å². The number of aromatic nitrogens is 2. The van der Waals surface area contributed by atoms with Gasteiger partial charge < -0.3 is 5.32 Å². The molecule has 0 aliphatic heterocycles. The minimum absolute atomic E-state index is 0.575. The Labute approximate surface area is 135 Å². The van der Waals surface area contributed by atoms with Gasteiger partial charge in [0.15, 0.2) is 5.82 Å². The van der Waals surface area contributed by atoms with Crippen molar-refractivity contribution >= 4 is 51.6 Å². The zero-order chi connectivity index (χ0) is 13.8. The Morgan fingerprint density at radius 3 is 2.84 bits per heavy atom. The lowest BCUT2D eigenvalue weighted by Gasteiger charge is -2.09. The number of nitrogens with zero attached hydrogens (tertiary/aromatic N) is 2. The SMILES string of the molecule is CCCNc1nc(-c2cc(Cl)ccc2Cl)ncc1I. The summed E-state index contributed by atoms with van der Waals surface area (Å²) in [6, 6.07) is 5.27. The number of hydrogen-bond acceptors (Lipinski definition) is 3. The van der Waals surface area contributed by atoms with Crippen LogP contribution in [0.3, 0.4) is 0 Å². The smallest absolute Gasteiger partial charge is 0.163 e. The zero-order valence-corrected chi connectivity index (χ0v) is 13.9. The van der Waals surface area contributed by atoms with Gasteiger partial charge in [-0.15, -0.1) is 0 Å². The summed E-state index contributed by atoms with van der Waals surface area (Å²) in [6.07, 6.45) is 2.81. The summed E-state index contributed by atoms with van der Waals surface area (Å²) in [4.78, 5) is 8.83. The summed E-state index contributed by atoms with van der Waals surface area (Å²) in [5.74, 6) is 1.40. The van der Waals surface area contributed by atoms with Crippen LogP contribution in [0, 0.1) is 3.57 Å². The second kappa shape index (κ2) is 6.72. The third kappa shape index (κ3) is 3.70. The summed E-state index contributed by atoms with van der Waals surface area (Å²) >= 11 is 14.4. The van der Waals surface area contributed by atoms with E-state index in [1.165, 1.54) is 0 Å². The second-order valence-electron chi connectivity index (χ2n) is 3.94. The molecule has 6 heteroatoms. The number of nitrogens with one attached hydrogen (secondary N) is 1. The number of hydrogen-bond donors (Lipinski definition) is 1. The summed E-state index contributed by atoms with van der Waals surface area (Å²) in [6.45, 7) is 2.98. The number of anilines is 1. The normalized spacial score (nSPS) is 10.5. The summed E-state index contributed by atoms with van der Waals surface area (Å²) in [7, 11) is 0. The van der Waals surface area contributed by atoms with Gasteiger partial charge in [0, 0.05) is 23.3 Å². The van der Waals surface area contributed by atoms with Gasteiger partial charge in [-0.2, -0.15) is 0 Å². The Kier molecular flexibility index (Phi) is 5.24. The molecule has 0 aliphatic carbocycles. The van der Waals surface area contributed by atoms with E-state index < -0.39 is 0 Å². The molecular formula is C13H12Cl2IN3. The highest BCUT2D eigenvalue weighted by Crippen LogP contribution is 2.29. The highest BCUT2D eigenvalue weighted by atomic mass is 127. The monoisotopic (exact) mass is 407 g/mol. The molecule has 0 radical (unpaired) electrons. The Morgan fingerprint density at radius 2 is 2.11 bits per heavy atom. The summed E-state index contributed by atoms with van der Waals surface area (Å²) < 4.78 is 0.980. The van der Waals surface area contributed by atoms with Gasteiger partial charge in [0.2, 0.25) is 0 Å². The van der Waals surface area contributed by atoms with Gasteiger partial charge in [0.1, 0.15) is 5.82 Å². The Bertz CT molecular complexity index is 590. The van der Waals surface area contributed by atoms with Crippen LogP contribution in [-0.4, -0.2) is 16.5 Å². The highest BCUT2D eigenvalue weighted by Gasteiger charge is 2.10. The average Bonchev–Trinajstić information content (AvgIpc) is 2.41. The van der Waals surface area contributed by atoms with E-state index in [0.717, 1.165) is 27.9 Å². The molecule has 19 heavy (non-hydrogen) atoms. The molecule has 1 N–H and O–H groups in total. The van der Waals surface area contributed by atoms with Crippen LogP contribution in [-0.2, 0) is 0 Å². The molecule has 1 heterocycles. The molecule has 0 amide bonds. The molecule has 0 saturated carbocycles. The van der Waals surface area contributed by atoms with E-state index in [0.29, 0.717) is 15.9 Å². The predicted octanol–water partition coefficient (Wildman–Crippen LogP) is 4.88. The lowest BCUT2D eigenvalue weighted by Crippen LogP contribution is -2.05. The topological polar surface area (TPSA) is 37.8 Å². The minimum atomic E-state index is 0.575.